The molecule has 0 heterocycles. The largest absolute Gasteiger partial charge is 0.465 e. The minimum atomic E-state index is -0.973. The number of hydrogen-bond acceptors (Lipinski definition) is 4. The van der Waals surface area contributed by atoms with Crippen molar-refractivity contribution < 1.29 is 23.1 Å². The highest BCUT2D eigenvalue weighted by Gasteiger charge is 2.20. The van der Waals surface area contributed by atoms with E-state index >= 15 is 0 Å². The third-order valence-electron chi connectivity index (χ3n) is 4.01. The third-order valence-corrected chi connectivity index (χ3v) is 4.01. The molecule has 4 nitrogen and oxygen atoms in total. The number of nitrogens with zero attached hydrogens (tertiary/aromatic N) is 1. The predicted octanol–water partition coefficient (Wildman–Crippen LogP) is 4.26. The van der Waals surface area contributed by atoms with Gasteiger partial charge in [0.25, 0.3) is 0 Å². The van der Waals surface area contributed by atoms with E-state index in [1.54, 1.807) is 12.1 Å². The van der Waals surface area contributed by atoms with Crippen molar-refractivity contribution >= 4 is 23.0 Å². The first kappa shape index (κ1) is 17.2. The van der Waals surface area contributed by atoms with Gasteiger partial charge in [0.2, 0.25) is 0 Å². The smallest absolute Gasteiger partial charge is 0.337 e. The number of rotatable bonds is 3. The van der Waals surface area contributed by atoms with Crippen molar-refractivity contribution in [3.05, 3.63) is 70.8 Å². The molecule has 3 rings (SSSR count). The second-order valence-corrected chi connectivity index (χ2v) is 5.50. The van der Waals surface area contributed by atoms with Crippen LogP contribution in [0.1, 0.15) is 26.3 Å². The van der Waals surface area contributed by atoms with Crippen molar-refractivity contribution in [1.29, 1.82) is 5.26 Å². The van der Waals surface area contributed by atoms with Crippen LogP contribution in [0.4, 0.5) is 8.78 Å². The van der Waals surface area contributed by atoms with E-state index in [1.807, 2.05) is 6.07 Å². The Kier molecular flexibility index (Phi) is 4.46. The molecule has 0 aliphatic rings. The highest BCUT2D eigenvalue weighted by atomic mass is 19.1. The summed E-state index contributed by atoms with van der Waals surface area (Å²) in [6.45, 7) is 0. The van der Waals surface area contributed by atoms with E-state index in [2.05, 4.69) is 4.74 Å². The molecule has 0 aliphatic heterocycles. The van der Waals surface area contributed by atoms with Crippen molar-refractivity contribution in [2.75, 3.05) is 7.11 Å². The Bertz CT molecular complexity index is 1080. The average Bonchev–Trinajstić information content (AvgIpc) is 2.66. The van der Waals surface area contributed by atoms with Gasteiger partial charge in [-0.05, 0) is 41.1 Å². The summed E-state index contributed by atoms with van der Waals surface area (Å²) in [4.78, 5) is 22.6. The van der Waals surface area contributed by atoms with Crippen LogP contribution >= 0.6 is 0 Å². The standard InChI is InChI=1S/C20H11F2NO3/c1-26-20(25)13-4-2-12-3-5-14(9-23)18(15(12)8-13)19-16(21)6-11(10-24)7-17(19)22/h2-8,10H,1H3. The van der Waals surface area contributed by atoms with Gasteiger partial charge < -0.3 is 4.74 Å². The molecule has 0 N–H and O–H groups in total. The summed E-state index contributed by atoms with van der Waals surface area (Å²) >= 11 is 0. The molecule has 0 saturated heterocycles. The Hall–Kier alpha value is -3.59. The monoisotopic (exact) mass is 351 g/mol. The lowest BCUT2D eigenvalue weighted by molar-refractivity contribution is 0.0601. The number of carbonyl (C=O) groups is 2. The molecule has 0 bridgehead atoms. The Morgan fingerprint density at radius 3 is 2.31 bits per heavy atom. The molecule has 0 radical (unpaired) electrons. The number of fused-ring (bicyclic) bond motifs is 1. The molecule has 26 heavy (non-hydrogen) atoms. The van der Waals surface area contributed by atoms with Crippen molar-refractivity contribution in [2.24, 2.45) is 0 Å². The van der Waals surface area contributed by atoms with Gasteiger partial charge in [-0.15, -0.1) is 0 Å². The number of methoxy groups -OCH3 is 1. The van der Waals surface area contributed by atoms with Gasteiger partial charge in [-0.2, -0.15) is 5.26 Å². The molecule has 0 aromatic heterocycles. The van der Waals surface area contributed by atoms with Crippen LogP contribution in [0, 0.1) is 23.0 Å². The molecule has 0 saturated carbocycles. The van der Waals surface area contributed by atoms with E-state index in [4.69, 9.17) is 0 Å². The summed E-state index contributed by atoms with van der Waals surface area (Å²) in [5, 5.41) is 10.3. The number of nitriles is 1. The van der Waals surface area contributed by atoms with E-state index in [0.29, 0.717) is 17.1 Å². The van der Waals surface area contributed by atoms with Gasteiger partial charge in [0.1, 0.15) is 17.9 Å². The average molecular weight is 351 g/mol. The van der Waals surface area contributed by atoms with Gasteiger partial charge in [-0.1, -0.05) is 12.1 Å². The van der Waals surface area contributed by atoms with E-state index in [-0.39, 0.29) is 22.3 Å². The van der Waals surface area contributed by atoms with Gasteiger partial charge in [-0.25, -0.2) is 13.6 Å². The molecule has 0 aliphatic carbocycles. The molecule has 128 valence electrons. The predicted molar refractivity (Wildman–Crippen MR) is 90.7 cm³/mol. The lowest BCUT2D eigenvalue weighted by Crippen LogP contribution is -2.02. The molecular weight excluding hydrogens is 340 g/mol. The molecule has 0 atom stereocenters. The van der Waals surface area contributed by atoms with Crippen molar-refractivity contribution in [3.63, 3.8) is 0 Å². The van der Waals surface area contributed by atoms with E-state index in [0.717, 1.165) is 12.1 Å². The van der Waals surface area contributed by atoms with E-state index in [9.17, 15) is 23.6 Å². The van der Waals surface area contributed by atoms with Crippen molar-refractivity contribution in [2.45, 2.75) is 0 Å². The zero-order valence-electron chi connectivity index (χ0n) is 13.5. The Morgan fingerprint density at radius 2 is 1.73 bits per heavy atom. The minimum Gasteiger partial charge on any atom is -0.465 e. The minimum absolute atomic E-state index is 0.0169. The molecular formula is C20H11F2NO3. The second-order valence-electron chi connectivity index (χ2n) is 5.50. The van der Waals surface area contributed by atoms with Crippen LogP contribution in [0.15, 0.2) is 42.5 Å². The molecule has 0 spiro atoms. The lowest BCUT2D eigenvalue weighted by atomic mass is 9.91. The number of benzene rings is 3. The van der Waals surface area contributed by atoms with Gasteiger partial charge in [0.05, 0.1) is 29.9 Å². The highest BCUT2D eigenvalue weighted by Crippen LogP contribution is 2.36. The molecule has 6 heteroatoms. The molecule has 3 aromatic rings. The summed E-state index contributed by atoms with van der Waals surface area (Å²) in [6, 6.07) is 11.3. The molecule has 0 fully saturated rings. The van der Waals surface area contributed by atoms with Crippen LogP contribution in [0.5, 0.6) is 0 Å². The normalized spacial score (nSPS) is 10.4. The zero-order chi connectivity index (χ0) is 18.8. The van der Waals surface area contributed by atoms with Crippen LogP contribution in [-0.2, 0) is 4.74 Å². The summed E-state index contributed by atoms with van der Waals surface area (Å²) in [6.07, 6.45) is 0.333. The van der Waals surface area contributed by atoms with Crippen LogP contribution in [-0.4, -0.2) is 19.4 Å². The maximum Gasteiger partial charge on any atom is 0.337 e. The maximum atomic E-state index is 14.6. The SMILES string of the molecule is COC(=O)c1ccc2ccc(C#N)c(-c3c(F)cc(C=O)cc3F)c2c1. The highest BCUT2D eigenvalue weighted by molar-refractivity contribution is 6.03. The van der Waals surface area contributed by atoms with Gasteiger partial charge >= 0.3 is 5.97 Å². The second kappa shape index (κ2) is 6.73. The first-order valence-electron chi connectivity index (χ1n) is 7.50. The first-order valence-corrected chi connectivity index (χ1v) is 7.50. The Labute approximate surface area is 147 Å². The van der Waals surface area contributed by atoms with Gasteiger partial charge in [-0.3, -0.25) is 4.79 Å². The first-order chi connectivity index (χ1) is 12.5. The Balaban J connectivity index is 2.43. The Morgan fingerprint density at radius 1 is 1.08 bits per heavy atom. The van der Waals surface area contributed by atoms with E-state index < -0.39 is 23.2 Å². The molecule has 0 amide bonds. The third kappa shape index (κ3) is 2.80. The maximum absolute atomic E-state index is 14.6. The number of hydrogen-bond donors (Lipinski definition) is 0. The topological polar surface area (TPSA) is 67.2 Å². The van der Waals surface area contributed by atoms with Gasteiger partial charge in [0, 0.05) is 11.1 Å². The van der Waals surface area contributed by atoms with Crippen molar-refractivity contribution in [1.82, 2.24) is 0 Å². The van der Waals surface area contributed by atoms with Crippen LogP contribution in [0.2, 0.25) is 0 Å². The van der Waals surface area contributed by atoms with Crippen LogP contribution in [0.3, 0.4) is 0 Å². The number of esters is 1. The van der Waals surface area contributed by atoms with Crippen LogP contribution in [0.25, 0.3) is 21.9 Å². The zero-order valence-corrected chi connectivity index (χ0v) is 13.5. The van der Waals surface area contributed by atoms with Crippen LogP contribution < -0.4 is 0 Å². The fraction of sp³-hybridized carbons (Fsp3) is 0.0500. The van der Waals surface area contributed by atoms with E-state index in [1.165, 1.54) is 25.3 Å². The van der Waals surface area contributed by atoms with Crippen molar-refractivity contribution in [3.8, 4) is 17.2 Å². The lowest BCUT2D eigenvalue weighted by Gasteiger charge is -2.13. The molecule has 3 aromatic carbocycles. The quantitative estimate of drug-likeness (QED) is 0.522. The fourth-order valence-electron chi connectivity index (χ4n) is 2.83. The fourth-order valence-corrected chi connectivity index (χ4v) is 2.83. The van der Waals surface area contributed by atoms with Gasteiger partial charge in [0.15, 0.2) is 0 Å². The number of halogens is 2. The number of carbonyl (C=O) groups excluding carboxylic acids is 2. The number of ether oxygens (including phenoxy) is 1. The number of aldehydes is 1. The summed E-state index contributed by atoms with van der Waals surface area (Å²) in [7, 11) is 1.22. The summed E-state index contributed by atoms with van der Waals surface area (Å²) in [5.41, 5.74) is -0.349. The summed E-state index contributed by atoms with van der Waals surface area (Å²) < 4.78 is 33.8. The summed E-state index contributed by atoms with van der Waals surface area (Å²) in [5.74, 6) is -2.56. The molecule has 0 unspecified atom stereocenters.